The number of hydrogen-bond donors (Lipinski definition) is 0. The molecule has 1 heterocycles. The van der Waals surface area contributed by atoms with Gasteiger partial charge in [-0.05, 0) is 54.1 Å². The van der Waals surface area contributed by atoms with Crippen LogP contribution in [0.25, 0.3) is 10.8 Å². The first-order chi connectivity index (χ1) is 13.6. The van der Waals surface area contributed by atoms with Gasteiger partial charge in [-0.3, -0.25) is 4.79 Å². The van der Waals surface area contributed by atoms with E-state index < -0.39 is 6.10 Å². The zero-order chi connectivity index (χ0) is 19.5. The van der Waals surface area contributed by atoms with Crippen molar-refractivity contribution >= 4 is 22.4 Å². The van der Waals surface area contributed by atoms with Crippen LogP contribution >= 0.6 is 0 Å². The molecule has 0 aliphatic carbocycles. The second-order valence-corrected chi connectivity index (χ2v) is 7.06. The van der Waals surface area contributed by atoms with Crippen LogP contribution in [0.1, 0.15) is 6.92 Å². The van der Waals surface area contributed by atoms with Gasteiger partial charge < -0.3 is 14.5 Å². The van der Waals surface area contributed by atoms with Gasteiger partial charge in [-0.25, -0.2) is 4.39 Å². The van der Waals surface area contributed by atoms with Crippen molar-refractivity contribution in [3.8, 4) is 5.75 Å². The number of halogens is 1. The van der Waals surface area contributed by atoms with Crippen molar-refractivity contribution in [3.63, 3.8) is 0 Å². The SMILES string of the molecule is CC(Oc1ccc2ccccc2c1)C(=O)N1CCN(c2ccc(F)cc2)CC1. The maximum Gasteiger partial charge on any atom is 0.263 e. The summed E-state index contributed by atoms with van der Waals surface area (Å²) in [5, 5.41) is 2.23. The quantitative estimate of drug-likeness (QED) is 0.685. The molecule has 0 N–H and O–H groups in total. The predicted octanol–water partition coefficient (Wildman–Crippen LogP) is 4.10. The summed E-state index contributed by atoms with van der Waals surface area (Å²) in [5.41, 5.74) is 0.981. The summed E-state index contributed by atoms with van der Waals surface area (Å²) in [7, 11) is 0. The molecule has 0 bridgehead atoms. The van der Waals surface area contributed by atoms with Crippen molar-refractivity contribution in [2.24, 2.45) is 0 Å². The van der Waals surface area contributed by atoms with Crippen LogP contribution in [-0.2, 0) is 4.79 Å². The fraction of sp³-hybridized carbons (Fsp3) is 0.261. The molecule has 0 aromatic heterocycles. The van der Waals surface area contributed by atoms with E-state index in [4.69, 9.17) is 4.74 Å². The smallest absolute Gasteiger partial charge is 0.263 e. The molecule has 0 radical (unpaired) electrons. The summed E-state index contributed by atoms with van der Waals surface area (Å²) in [6.07, 6.45) is -0.543. The van der Waals surface area contributed by atoms with Gasteiger partial charge >= 0.3 is 0 Å². The molecule has 4 rings (SSSR count). The highest BCUT2D eigenvalue weighted by molar-refractivity contribution is 5.84. The Morgan fingerprint density at radius 3 is 2.32 bits per heavy atom. The molecule has 1 saturated heterocycles. The lowest BCUT2D eigenvalue weighted by molar-refractivity contribution is -0.138. The minimum absolute atomic E-state index is 0.00749. The van der Waals surface area contributed by atoms with Gasteiger partial charge in [0, 0.05) is 31.9 Å². The van der Waals surface area contributed by atoms with E-state index in [1.807, 2.05) is 47.4 Å². The number of rotatable bonds is 4. The topological polar surface area (TPSA) is 32.8 Å². The normalized spacial score (nSPS) is 15.5. The maximum atomic E-state index is 13.1. The van der Waals surface area contributed by atoms with Crippen LogP contribution in [0.5, 0.6) is 5.75 Å². The Morgan fingerprint density at radius 1 is 0.929 bits per heavy atom. The third-order valence-corrected chi connectivity index (χ3v) is 5.16. The van der Waals surface area contributed by atoms with E-state index in [1.54, 1.807) is 19.1 Å². The first-order valence-corrected chi connectivity index (χ1v) is 9.55. The molecule has 1 atom stereocenters. The Labute approximate surface area is 164 Å². The number of carbonyl (C=O) groups excluding carboxylic acids is 1. The molecule has 3 aromatic carbocycles. The molecule has 3 aromatic rings. The summed E-state index contributed by atoms with van der Waals surface area (Å²) in [6.45, 7) is 4.49. The number of fused-ring (bicyclic) bond motifs is 1. The average molecular weight is 378 g/mol. The molecule has 1 fully saturated rings. The standard InChI is InChI=1S/C23H23FN2O2/c1-17(28-22-11-6-18-4-2-3-5-19(18)16-22)23(27)26-14-12-25(13-15-26)21-9-7-20(24)8-10-21/h2-11,16-17H,12-15H2,1H3. The third kappa shape index (κ3) is 3.93. The van der Waals surface area contributed by atoms with E-state index in [2.05, 4.69) is 4.90 Å². The van der Waals surface area contributed by atoms with Crippen molar-refractivity contribution in [2.45, 2.75) is 13.0 Å². The number of hydrogen-bond acceptors (Lipinski definition) is 3. The van der Waals surface area contributed by atoms with Crippen molar-refractivity contribution in [1.82, 2.24) is 4.90 Å². The number of anilines is 1. The zero-order valence-electron chi connectivity index (χ0n) is 15.8. The van der Waals surface area contributed by atoms with Crippen LogP contribution < -0.4 is 9.64 Å². The highest BCUT2D eigenvalue weighted by atomic mass is 19.1. The lowest BCUT2D eigenvalue weighted by atomic mass is 10.1. The molecule has 0 saturated carbocycles. The van der Waals surface area contributed by atoms with Crippen molar-refractivity contribution < 1.29 is 13.9 Å². The van der Waals surface area contributed by atoms with Crippen LogP contribution in [0.2, 0.25) is 0 Å². The van der Waals surface area contributed by atoms with Gasteiger partial charge in [-0.1, -0.05) is 30.3 Å². The summed E-state index contributed by atoms with van der Waals surface area (Å²) in [6, 6.07) is 20.4. The van der Waals surface area contributed by atoms with Crippen LogP contribution in [0, 0.1) is 5.82 Å². The maximum absolute atomic E-state index is 13.1. The Hall–Kier alpha value is -3.08. The zero-order valence-corrected chi connectivity index (χ0v) is 15.8. The van der Waals surface area contributed by atoms with Gasteiger partial charge in [0.2, 0.25) is 0 Å². The Bertz CT molecular complexity index is 966. The summed E-state index contributed by atoms with van der Waals surface area (Å²) in [5.74, 6) is 0.452. The molecule has 4 nitrogen and oxygen atoms in total. The average Bonchev–Trinajstić information content (AvgIpc) is 2.74. The monoisotopic (exact) mass is 378 g/mol. The minimum Gasteiger partial charge on any atom is -0.481 e. The molecule has 1 unspecified atom stereocenters. The van der Waals surface area contributed by atoms with Gasteiger partial charge in [-0.2, -0.15) is 0 Å². The second kappa shape index (κ2) is 7.89. The van der Waals surface area contributed by atoms with Crippen molar-refractivity contribution in [1.29, 1.82) is 0 Å². The molecular weight excluding hydrogens is 355 g/mol. The number of amides is 1. The van der Waals surface area contributed by atoms with Gasteiger partial charge in [0.05, 0.1) is 0 Å². The van der Waals surface area contributed by atoms with Crippen LogP contribution in [0.15, 0.2) is 66.7 Å². The number of ether oxygens (including phenoxy) is 1. The van der Waals surface area contributed by atoms with Crippen LogP contribution in [0.4, 0.5) is 10.1 Å². The molecule has 28 heavy (non-hydrogen) atoms. The molecule has 0 spiro atoms. The molecule has 1 aliphatic rings. The lowest BCUT2D eigenvalue weighted by Gasteiger charge is -2.37. The van der Waals surface area contributed by atoms with E-state index in [1.165, 1.54) is 12.1 Å². The van der Waals surface area contributed by atoms with Crippen LogP contribution in [0.3, 0.4) is 0 Å². The van der Waals surface area contributed by atoms with E-state index in [0.29, 0.717) is 18.8 Å². The molecular formula is C23H23FN2O2. The third-order valence-electron chi connectivity index (χ3n) is 5.16. The van der Waals surface area contributed by atoms with Gasteiger partial charge in [0.15, 0.2) is 6.10 Å². The molecule has 1 aliphatic heterocycles. The van der Waals surface area contributed by atoms with Gasteiger partial charge in [0.25, 0.3) is 5.91 Å². The molecule has 144 valence electrons. The summed E-state index contributed by atoms with van der Waals surface area (Å²) < 4.78 is 19.0. The number of carbonyl (C=O) groups is 1. The Kier molecular flexibility index (Phi) is 5.15. The first-order valence-electron chi connectivity index (χ1n) is 9.55. The second-order valence-electron chi connectivity index (χ2n) is 7.06. The number of benzene rings is 3. The van der Waals surface area contributed by atoms with E-state index in [9.17, 15) is 9.18 Å². The predicted molar refractivity (Wildman–Crippen MR) is 109 cm³/mol. The first kappa shape index (κ1) is 18.3. The Balaban J connectivity index is 1.35. The Morgan fingerprint density at radius 2 is 1.61 bits per heavy atom. The molecule has 5 heteroatoms. The summed E-state index contributed by atoms with van der Waals surface area (Å²) in [4.78, 5) is 16.8. The van der Waals surface area contributed by atoms with E-state index in [-0.39, 0.29) is 11.7 Å². The summed E-state index contributed by atoms with van der Waals surface area (Å²) >= 11 is 0. The minimum atomic E-state index is -0.543. The highest BCUT2D eigenvalue weighted by Crippen LogP contribution is 2.22. The molecule has 1 amide bonds. The van der Waals surface area contributed by atoms with Crippen molar-refractivity contribution in [3.05, 3.63) is 72.5 Å². The van der Waals surface area contributed by atoms with Crippen molar-refractivity contribution in [2.75, 3.05) is 31.1 Å². The number of nitrogens with zero attached hydrogens (tertiary/aromatic N) is 2. The fourth-order valence-electron chi connectivity index (χ4n) is 3.59. The van der Waals surface area contributed by atoms with Gasteiger partial charge in [0.1, 0.15) is 11.6 Å². The number of piperazine rings is 1. The van der Waals surface area contributed by atoms with Crippen LogP contribution in [-0.4, -0.2) is 43.1 Å². The fourth-order valence-corrected chi connectivity index (χ4v) is 3.59. The van der Waals surface area contributed by atoms with E-state index in [0.717, 1.165) is 29.5 Å². The lowest BCUT2D eigenvalue weighted by Crippen LogP contribution is -2.52. The van der Waals surface area contributed by atoms with Gasteiger partial charge in [-0.15, -0.1) is 0 Å². The largest absolute Gasteiger partial charge is 0.481 e. The van der Waals surface area contributed by atoms with E-state index >= 15 is 0 Å². The highest BCUT2D eigenvalue weighted by Gasteiger charge is 2.26.